The Bertz CT molecular complexity index is 1060. The van der Waals surface area contributed by atoms with E-state index < -0.39 is 0 Å². The predicted octanol–water partition coefficient (Wildman–Crippen LogP) is 3.04. The van der Waals surface area contributed by atoms with Gasteiger partial charge in [0.05, 0.1) is 11.6 Å². The van der Waals surface area contributed by atoms with E-state index >= 15 is 0 Å². The van der Waals surface area contributed by atoms with Crippen molar-refractivity contribution < 1.29 is 4.39 Å². The summed E-state index contributed by atoms with van der Waals surface area (Å²) < 4.78 is 17.4. The molecule has 6 nitrogen and oxygen atoms in total. The first-order chi connectivity index (χ1) is 12.0. The quantitative estimate of drug-likeness (QED) is 0.621. The highest BCUT2D eigenvalue weighted by Crippen LogP contribution is 2.24. The molecule has 1 atom stereocenters. The maximum Gasteiger partial charge on any atom is 0.163 e. The molecule has 128 valence electrons. The third-order valence-corrected chi connectivity index (χ3v) is 4.47. The van der Waals surface area contributed by atoms with Gasteiger partial charge in [0.1, 0.15) is 18.0 Å². The van der Waals surface area contributed by atoms with Crippen molar-refractivity contribution in [2.24, 2.45) is 14.1 Å². The lowest BCUT2D eigenvalue weighted by molar-refractivity contribution is 0.629. The molecule has 4 rings (SSSR count). The van der Waals surface area contributed by atoms with E-state index in [0.29, 0.717) is 0 Å². The van der Waals surface area contributed by atoms with Gasteiger partial charge in [-0.1, -0.05) is 0 Å². The molecule has 0 bridgehead atoms. The summed E-state index contributed by atoms with van der Waals surface area (Å²) in [5, 5.41) is 9.50. The largest absolute Gasteiger partial charge is 0.367 e. The zero-order valence-electron chi connectivity index (χ0n) is 14.4. The van der Waals surface area contributed by atoms with E-state index in [0.717, 1.165) is 39.7 Å². The molecule has 4 aromatic rings. The smallest absolute Gasteiger partial charge is 0.163 e. The van der Waals surface area contributed by atoms with E-state index in [4.69, 9.17) is 0 Å². The van der Waals surface area contributed by atoms with E-state index in [2.05, 4.69) is 33.5 Å². The van der Waals surface area contributed by atoms with Crippen molar-refractivity contribution in [1.29, 1.82) is 0 Å². The normalized spacial score (nSPS) is 12.8. The van der Waals surface area contributed by atoms with E-state index in [1.54, 1.807) is 16.9 Å². The van der Waals surface area contributed by atoms with Crippen molar-refractivity contribution in [3.63, 3.8) is 0 Å². The molecule has 25 heavy (non-hydrogen) atoms. The third-order valence-electron chi connectivity index (χ3n) is 4.47. The molecule has 7 heteroatoms. The molecule has 0 aliphatic carbocycles. The van der Waals surface area contributed by atoms with Crippen LogP contribution in [0.5, 0.6) is 0 Å². The molecular weight excluding hydrogens is 319 g/mol. The fraction of sp³-hybridized carbons (Fsp3) is 0.278. The number of halogens is 1. The maximum atomic E-state index is 13.6. The van der Waals surface area contributed by atoms with Crippen LogP contribution in [-0.4, -0.2) is 30.4 Å². The summed E-state index contributed by atoms with van der Waals surface area (Å²) in [6.07, 6.45) is 6.11. The van der Waals surface area contributed by atoms with Crippen molar-refractivity contribution in [1.82, 2.24) is 24.3 Å². The summed E-state index contributed by atoms with van der Waals surface area (Å²) in [4.78, 5) is 8.59. The SMILES string of the molecule is CC(Cc1cn(C)c2ccc(F)cc12)Nc1ncnc2c1cnn2C. The average molecular weight is 338 g/mol. The first kappa shape index (κ1) is 15.6. The van der Waals surface area contributed by atoms with Gasteiger partial charge in [-0.2, -0.15) is 5.10 Å². The van der Waals surface area contributed by atoms with Crippen molar-refractivity contribution in [2.75, 3.05) is 5.32 Å². The van der Waals surface area contributed by atoms with Gasteiger partial charge in [-0.15, -0.1) is 0 Å². The monoisotopic (exact) mass is 338 g/mol. The van der Waals surface area contributed by atoms with E-state index in [-0.39, 0.29) is 11.9 Å². The Morgan fingerprint density at radius 1 is 1.20 bits per heavy atom. The Balaban J connectivity index is 1.62. The fourth-order valence-corrected chi connectivity index (χ4v) is 3.30. The molecule has 1 N–H and O–H groups in total. The summed E-state index contributed by atoms with van der Waals surface area (Å²) in [5.41, 5.74) is 2.92. The molecule has 0 saturated carbocycles. The first-order valence-electron chi connectivity index (χ1n) is 8.15. The number of aryl methyl sites for hydroxylation is 2. The molecular formula is C18H19FN6. The van der Waals surface area contributed by atoms with Crippen LogP contribution in [-0.2, 0) is 20.5 Å². The molecule has 0 saturated heterocycles. The Hall–Kier alpha value is -2.96. The predicted molar refractivity (Wildman–Crippen MR) is 96.0 cm³/mol. The summed E-state index contributed by atoms with van der Waals surface area (Å²) >= 11 is 0. The number of aromatic nitrogens is 5. The zero-order chi connectivity index (χ0) is 17.6. The van der Waals surface area contributed by atoms with Crippen molar-refractivity contribution in [2.45, 2.75) is 19.4 Å². The highest BCUT2D eigenvalue weighted by atomic mass is 19.1. The second kappa shape index (κ2) is 5.84. The van der Waals surface area contributed by atoms with E-state index in [1.807, 2.05) is 24.7 Å². The van der Waals surface area contributed by atoms with Crippen LogP contribution in [0.25, 0.3) is 21.9 Å². The summed E-state index contributed by atoms with van der Waals surface area (Å²) in [6.45, 7) is 2.09. The van der Waals surface area contributed by atoms with Crippen LogP contribution in [0.2, 0.25) is 0 Å². The summed E-state index contributed by atoms with van der Waals surface area (Å²) in [5.74, 6) is 0.547. The van der Waals surface area contributed by atoms with Crippen molar-refractivity contribution >= 4 is 27.8 Å². The number of fused-ring (bicyclic) bond motifs is 2. The minimum absolute atomic E-state index is 0.118. The van der Waals surface area contributed by atoms with Crippen LogP contribution in [0, 0.1) is 5.82 Å². The average Bonchev–Trinajstić information content (AvgIpc) is 3.09. The number of nitrogens with zero attached hydrogens (tertiary/aromatic N) is 5. The molecule has 0 fully saturated rings. The van der Waals surface area contributed by atoms with Crippen LogP contribution in [0.15, 0.2) is 36.9 Å². The van der Waals surface area contributed by atoms with Gasteiger partial charge in [0.15, 0.2) is 5.65 Å². The van der Waals surface area contributed by atoms with Gasteiger partial charge < -0.3 is 9.88 Å². The zero-order valence-corrected chi connectivity index (χ0v) is 14.4. The molecule has 1 aromatic carbocycles. The number of rotatable bonds is 4. The van der Waals surface area contributed by atoms with Crippen LogP contribution in [0.4, 0.5) is 10.2 Å². The van der Waals surface area contributed by atoms with Gasteiger partial charge in [0.2, 0.25) is 0 Å². The number of hydrogen-bond acceptors (Lipinski definition) is 4. The van der Waals surface area contributed by atoms with Crippen LogP contribution in [0.1, 0.15) is 12.5 Å². The van der Waals surface area contributed by atoms with Gasteiger partial charge in [0.25, 0.3) is 0 Å². The molecule has 0 spiro atoms. The Kier molecular flexibility index (Phi) is 3.63. The van der Waals surface area contributed by atoms with Crippen LogP contribution >= 0.6 is 0 Å². The second-order valence-corrected chi connectivity index (χ2v) is 6.40. The minimum Gasteiger partial charge on any atom is -0.367 e. The number of benzene rings is 1. The second-order valence-electron chi connectivity index (χ2n) is 6.40. The fourth-order valence-electron chi connectivity index (χ4n) is 3.30. The molecule has 0 radical (unpaired) electrons. The molecule has 0 amide bonds. The van der Waals surface area contributed by atoms with Gasteiger partial charge in [-0.05, 0) is 37.1 Å². The highest BCUT2D eigenvalue weighted by Gasteiger charge is 2.14. The number of anilines is 1. The minimum atomic E-state index is -0.214. The van der Waals surface area contributed by atoms with E-state index in [9.17, 15) is 4.39 Å². The number of hydrogen-bond donors (Lipinski definition) is 1. The lowest BCUT2D eigenvalue weighted by atomic mass is 10.1. The van der Waals surface area contributed by atoms with E-state index in [1.165, 1.54) is 12.4 Å². The Morgan fingerprint density at radius 3 is 2.88 bits per heavy atom. The van der Waals surface area contributed by atoms with Gasteiger partial charge in [-0.3, -0.25) is 4.68 Å². The molecule has 0 aliphatic rings. The summed E-state index contributed by atoms with van der Waals surface area (Å²) in [7, 11) is 3.83. The van der Waals surface area contributed by atoms with Gasteiger partial charge in [0, 0.05) is 37.2 Å². The number of nitrogens with one attached hydrogen (secondary N) is 1. The van der Waals surface area contributed by atoms with Gasteiger partial charge >= 0.3 is 0 Å². The van der Waals surface area contributed by atoms with Crippen LogP contribution < -0.4 is 5.32 Å². The molecule has 0 aliphatic heterocycles. The lowest BCUT2D eigenvalue weighted by Gasteiger charge is -2.14. The molecule has 1 unspecified atom stereocenters. The molecule has 3 aromatic heterocycles. The Morgan fingerprint density at radius 2 is 2.04 bits per heavy atom. The molecule has 3 heterocycles. The van der Waals surface area contributed by atoms with Crippen molar-refractivity contribution in [3.05, 3.63) is 48.3 Å². The lowest BCUT2D eigenvalue weighted by Crippen LogP contribution is -2.19. The highest BCUT2D eigenvalue weighted by molar-refractivity contribution is 5.86. The third kappa shape index (κ3) is 2.71. The van der Waals surface area contributed by atoms with Gasteiger partial charge in [-0.25, -0.2) is 14.4 Å². The Labute approximate surface area is 144 Å². The topological polar surface area (TPSA) is 60.6 Å². The summed E-state index contributed by atoms with van der Waals surface area (Å²) in [6, 6.07) is 5.03. The maximum absolute atomic E-state index is 13.6. The van der Waals surface area contributed by atoms with Crippen LogP contribution in [0.3, 0.4) is 0 Å². The standard InChI is InChI=1S/C18H19FN6/c1-11(23-17-15-8-22-25(3)18(15)21-10-20-17)6-12-9-24(2)16-5-4-13(19)7-14(12)16/h4-5,7-11H,6H2,1-3H3,(H,20,21,23). The van der Waals surface area contributed by atoms with Crippen molar-refractivity contribution in [3.8, 4) is 0 Å². The first-order valence-corrected chi connectivity index (χ1v) is 8.15.